The van der Waals surface area contributed by atoms with E-state index >= 15 is 0 Å². The quantitative estimate of drug-likeness (QED) is 0.390. The average molecular weight is 193 g/mol. The van der Waals surface area contributed by atoms with Crippen molar-refractivity contribution in [3.63, 3.8) is 0 Å². The first-order chi connectivity index (χ1) is 6.20. The summed E-state index contributed by atoms with van der Waals surface area (Å²) < 4.78 is 9.87. The van der Waals surface area contributed by atoms with Gasteiger partial charge in [-0.2, -0.15) is 0 Å². The minimum absolute atomic E-state index is 0.236. The normalized spacial score (nSPS) is 39.7. The van der Waals surface area contributed by atoms with E-state index in [2.05, 4.69) is 0 Å². The maximum atomic E-state index is 9.43. The molecule has 1 aliphatic rings. The first-order valence-electron chi connectivity index (χ1n) is 4.14. The molecule has 0 aromatic heterocycles. The maximum Gasteiger partial charge on any atom is 0.184 e. The zero-order chi connectivity index (χ0) is 9.84. The second-order valence-corrected chi connectivity index (χ2v) is 2.86. The fourth-order valence-corrected chi connectivity index (χ4v) is 1.25. The summed E-state index contributed by atoms with van der Waals surface area (Å²) in [5.41, 5.74) is 5.19. The predicted molar refractivity (Wildman–Crippen MR) is 42.8 cm³/mol. The zero-order valence-electron chi connectivity index (χ0n) is 7.17. The van der Waals surface area contributed by atoms with Crippen LogP contribution >= 0.6 is 0 Å². The number of rotatable bonds is 4. The summed E-state index contributed by atoms with van der Waals surface area (Å²) in [4.78, 5) is 0. The van der Waals surface area contributed by atoms with Gasteiger partial charge in [0.05, 0.1) is 13.2 Å². The van der Waals surface area contributed by atoms with Crippen molar-refractivity contribution in [1.82, 2.24) is 0 Å². The lowest BCUT2D eigenvalue weighted by Gasteiger charge is -2.16. The minimum Gasteiger partial charge on any atom is -0.394 e. The number of hydrogen-bond acceptors (Lipinski definition) is 6. The van der Waals surface area contributed by atoms with E-state index in [-0.39, 0.29) is 13.2 Å². The van der Waals surface area contributed by atoms with Crippen LogP contribution in [0.3, 0.4) is 0 Å². The molecule has 0 aromatic rings. The van der Waals surface area contributed by atoms with Crippen molar-refractivity contribution in [2.75, 3.05) is 19.8 Å². The molecule has 0 saturated carbocycles. The summed E-state index contributed by atoms with van der Waals surface area (Å²) in [5, 5.41) is 27.4. The van der Waals surface area contributed by atoms with Crippen molar-refractivity contribution in [1.29, 1.82) is 0 Å². The third-order valence-corrected chi connectivity index (χ3v) is 1.92. The topological polar surface area (TPSA) is 105 Å². The minimum atomic E-state index is -1.20. The molecule has 13 heavy (non-hydrogen) atoms. The van der Waals surface area contributed by atoms with E-state index < -0.39 is 24.6 Å². The Morgan fingerprint density at radius 1 is 1.38 bits per heavy atom. The average Bonchev–Trinajstić information content (AvgIpc) is 2.39. The van der Waals surface area contributed by atoms with E-state index in [1.807, 2.05) is 0 Å². The lowest BCUT2D eigenvalue weighted by atomic mass is 10.1. The van der Waals surface area contributed by atoms with Gasteiger partial charge in [-0.25, -0.2) is 0 Å². The van der Waals surface area contributed by atoms with Gasteiger partial charge in [0, 0.05) is 6.54 Å². The van der Waals surface area contributed by atoms with Crippen molar-refractivity contribution in [3.8, 4) is 0 Å². The highest BCUT2D eigenvalue weighted by molar-refractivity contribution is 4.86. The zero-order valence-corrected chi connectivity index (χ0v) is 7.17. The molecule has 0 spiro atoms. The van der Waals surface area contributed by atoms with Crippen LogP contribution in [0.4, 0.5) is 0 Å². The Kier molecular flexibility index (Phi) is 4.04. The smallest absolute Gasteiger partial charge is 0.184 e. The number of hydrogen-bond donors (Lipinski definition) is 4. The molecule has 0 aliphatic carbocycles. The Hall–Kier alpha value is -0.240. The first-order valence-corrected chi connectivity index (χ1v) is 4.14. The first kappa shape index (κ1) is 10.8. The van der Waals surface area contributed by atoms with Crippen LogP contribution in [-0.2, 0) is 9.47 Å². The van der Waals surface area contributed by atoms with Gasteiger partial charge in [-0.1, -0.05) is 0 Å². The number of nitrogens with two attached hydrogens (primary N) is 1. The van der Waals surface area contributed by atoms with Gasteiger partial charge in [0.15, 0.2) is 6.29 Å². The van der Waals surface area contributed by atoms with Crippen LogP contribution in [0.25, 0.3) is 0 Å². The van der Waals surface area contributed by atoms with Crippen LogP contribution in [0.1, 0.15) is 0 Å². The molecule has 0 amide bonds. The van der Waals surface area contributed by atoms with E-state index in [1.165, 1.54) is 0 Å². The summed E-state index contributed by atoms with van der Waals surface area (Å²) in [6.07, 6.45) is -3.80. The third kappa shape index (κ3) is 2.37. The van der Waals surface area contributed by atoms with Crippen LogP contribution in [0.15, 0.2) is 0 Å². The molecule has 0 radical (unpaired) electrons. The van der Waals surface area contributed by atoms with Gasteiger partial charge in [0.25, 0.3) is 0 Å². The van der Waals surface area contributed by atoms with Crippen LogP contribution in [0.2, 0.25) is 0 Å². The molecule has 4 atom stereocenters. The highest BCUT2D eigenvalue weighted by atomic mass is 16.7. The summed E-state index contributed by atoms with van der Waals surface area (Å²) in [7, 11) is 0. The highest BCUT2D eigenvalue weighted by Gasteiger charge is 2.43. The van der Waals surface area contributed by atoms with Crippen LogP contribution in [-0.4, -0.2) is 59.7 Å². The van der Waals surface area contributed by atoms with Crippen molar-refractivity contribution in [2.45, 2.75) is 24.6 Å². The summed E-state index contributed by atoms with van der Waals surface area (Å²) in [6.45, 7) is 0.195. The van der Waals surface area contributed by atoms with Gasteiger partial charge >= 0.3 is 0 Å². The van der Waals surface area contributed by atoms with Crippen molar-refractivity contribution in [3.05, 3.63) is 0 Å². The van der Waals surface area contributed by atoms with Crippen molar-refractivity contribution < 1.29 is 24.8 Å². The molecular formula is C7H15NO5. The second-order valence-electron chi connectivity index (χ2n) is 2.86. The molecule has 1 rings (SSSR count). The Balaban J connectivity index is 2.44. The SMILES string of the molecule is NCCO[C@@H]1[C@H](O)[C@@H](CO)O[C@H]1O. The summed E-state index contributed by atoms with van der Waals surface area (Å²) in [5.74, 6) is 0. The van der Waals surface area contributed by atoms with Gasteiger partial charge in [0.2, 0.25) is 0 Å². The summed E-state index contributed by atoms with van der Waals surface area (Å²) >= 11 is 0. The van der Waals surface area contributed by atoms with Crippen LogP contribution < -0.4 is 5.73 Å². The molecule has 1 fully saturated rings. The van der Waals surface area contributed by atoms with E-state index in [0.717, 1.165) is 0 Å². The Labute approximate surface area is 75.9 Å². The second kappa shape index (κ2) is 4.85. The molecule has 78 valence electrons. The van der Waals surface area contributed by atoms with Crippen molar-refractivity contribution in [2.24, 2.45) is 5.73 Å². The fraction of sp³-hybridized carbons (Fsp3) is 1.00. The number of ether oxygens (including phenoxy) is 2. The summed E-state index contributed by atoms with van der Waals surface area (Å²) in [6, 6.07) is 0. The van der Waals surface area contributed by atoms with Gasteiger partial charge in [-0.05, 0) is 0 Å². The molecule has 6 heteroatoms. The third-order valence-electron chi connectivity index (χ3n) is 1.92. The van der Waals surface area contributed by atoms with Gasteiger partial charge in [0.1, 0.15) is 18.3 Å². The molecular weight excluding hydrogens is 178 g/mol. The standard InChI is InChI=1S/C7H15NO5/c8-1-2-12-6-5(10)4(3-9)13-7(6)11/h4-7,9-11H,1-3,8H2/t4-,5-,6-,7-/m1/s1. The highest BCUT2D eigenvalue weighted by Crippen LogP contribution is 2.21. The lowest BCUT2D eigenvalue weighted by Crippen LogP contribution is -2.37. The molecule has 1 aliphatic heterocycles. The van der Waals surface area contributed by atoms with E-state index in [4.69, 9.17) is 20.3 Å². The maximum absolute atomic E-state index is 9.43. The number of aliphatic hydroxyl groups excluding tert-OH is 3. The van der Waals surface area contributed by atoms with Crippen molar-refractivity contribution >= 4 is 0 Å². The van der Waals surface area contributed by atoms with Gasteiger partial charge < -0.3 is 30.5 Å². The van der Waals surface area contributed by atoms with Crippen LogP contribution in [0.5, 0.6) is 0 Å². The Morgan fingerprint density at radius 2 is 2.08 bits per heavy atom. The molecule has 1 heterocycles. The monoisotopic (exact) mass is 193 g/mol. The number of aliphatic hydroxyl groups is 3. The molecule has 0 aromatic carbocycles. The molecule has 5 N–H and O–H groups in total. The fourth-order valence-electron chi connectivity index (χ4n) is 1.25. The molecule has 6 nitrogen and oxygen atoms in total. The molecule has 0 bridgehead atoms. The predicted octanol–water partition coefficient (Wildman–Crippen LogP) is -2.60. The van der Waals surface area contributed by atoms with Gasteiger partial charge in [-0.15, -0.1) is 0 Å². The van der Waals surface area contributed by atoms with E-state index in [9.17, 15) is 10.2 Å². The van der Waals surface area contributed by atoms with Crippen LogP contribution in [0, 0.1) is 0 Å². The lowest BCUT2D eigenvalue weighted by molar-refractivity contribution is -0.146. The van der Waals surface area contributed by atoms with Gasteiger partial charge in [-0.3, -0.25) is 0 Å². The molecule has 1 saturated heterocycles. The Bertz CT molecular complexity index is 156. The molecule has 0 unspecified atom stereocenters. The van der Waals surface area contributed by atoms with E-state index in [0.29, 0.717) is 6.54 Å². The van der Waals surface area contributed by atoms with E-state index in [1.54, 1.807) is 0 Å². The Morgan fingerprint density at radius 3 is 2.54 bits per heavy atom. The largest absolute Gasteiger partial charge is 0.394 e.